The molecule has 0 saturated carbocycles. The number of benzene rings is 3. The molecule has 1 aliphatic heterocycles. The van der Waals surface area contributed by atoms with Gasteiger partial charge in [-0.2, -0.15) is 10.2 Å². The number of aryl methyl sites for hydroxylation is 1. The molecule has 0 fully saturated rings. The molecule has 0 bridgehead atoms. The fourth-order valence-electron chi connectivity index (χ4n) is 6.87. The second-order valence-electron chi connectivity index (χ2n) is 14.9. The van der Waals surface area contributed by atoms with Gasteiger partial charge in [-0.25, -0.2) is 24.1 Å². The number of hydrogen-bond donors (Lipinski definition) is 8. The molecule has 1 aliphatic rings. The summed E-state index contributed by atoms with van der Waals surface area (Å²) in [6.45, 7) is 4.42. The Morgan fingerprint density at radius 1 is 0.984 bits per heavy atom. The van der Waals surface area contributed by atoms with Gasteiger partial charge in [0.2, 0.25) is 11.8 Å². The van der Waals surface area contributed by atoms with Crippen molar-refractivity contribution in [3.05, 3.63) is 106 Å². The number of ether oxygens (including phenoxy) is 2. The first-order valence-electron chi connectivity index (χ1n) is 19.7. The number of aromatic nitrogens is 5. The molecule has 6 rings (SSSR count). The molecule has 2 aromatic heterocycles. The lowest BCUT2D eigenvalue weighted by molar-refractivity contribution is -0.128. The largest absolute Gasteiger partial charge is 0.494 e. The van der Waals surface area contributed by atoms with Gasteiger partial charge >= 0.3 is 12.1 Å². The quantitative estimate of drug-likeness (QED) is 0.0592. The zero-order valence-corrected chi connectivity index (χ0v) is 33.9. The zero-order chi connectivity index (χ0) is 43.6. The van der Waals surface area contributed by atoms with Crippen LogP contribution in [0.2, 0.25) is 0 Å². The normalized spacial score (nSPS) is 15.3. The van der Waals surface area contributed by atoms with Gasteiger partial charge in [0.1, 0.15) is 36.4 Å². The lowest BCUT2D eigenvalue weighted by atomic mass is 9.83. The highest BCUT2D eigenvalue weighted by Crippen LogP contribution is 2.46. The second-order valence-corrected chi connectivity index (χ2v) is 14.9. The minimum Gasteiger partial charge on any atom is -0.494 e. The van der Waals surface area contributed by atoms with E-state index in [-0.39, 0.29) is 30.9 Å². The van der Waals surface area contributed by atoms with E-state index in [1.807, 2.05) is 24.3 Å². The van der Waals surface area contributed by atoms with E-state index in [1.54, 1.807) is 49.8 Å². The van der Waals surface area contributed by atoms with Crippen LogP contribution in [0.15, 0.2) is 71.8 Å². The summed E-state index contributed by atoms with van der Waals surface area (Å²) in [5.74, 6) is -0.882. The highest BCUT2D eigenvalue weighted by atomic mass is 19.1. The molecule has 3 aromatic carbocycles. The summed E-state index contributed by atoms with van der Waals surface area (Å²) in [5.41, 5.74) is 13.6. The first-order valence-corrected chi connectivity index (χ1v) is 19.7. The number of nitrogens with zero attached hydrogens (tertiary/aromatic N) is 4. The van der Waals surface area contributed by atoms with Crippen molar-refractivity contribution in [2.24, 2.45) is 24.4 Å². The Morgan fingerprint density at radius 3 is 2.41 bits per heavy atom. The fourth-order valence-corrected chi connectivity index (χ4v) is 6.87. The van der Waals surface area contributed by atoms with Gasteiger partial charge in [0.15, 0.2) is 0 Å². The molecule has 4 atom stereocenters. The van der Waals surface area contributed by atoms with E-state index < -0.39 is 59.4 Å². The van der Waals surface area contributed by atoms with E-state index in [1.165, 1.54) is 18.5 Å². The summed E-state index contributed by atoms with van der Waals surface area (Å²) < 4.78 is 27.5. The Bertz CT molecular complexity index is 2410. The maximum absolute atomic E-state index is 14.6. The summed E-state index contributed by atoms with van der Waals surface area (Å²) in [6, 6.07) is 13.8. The van der Waals surface area contributed by atoms with Crippen LogP contribution in [-0.2, 0) is 28.0 Å². The Hall–Kier alpha value is -7.09. The van der Waals surface area contributed by atoms with Gasteiger partial charge in [-0.3, -0.25) is 19.1 Å². The van der Waals surface area contributed by atoms with Crippen molar-refractivity contribution in [3.8, 4) is 5.75 Å². The summed E-state index contributed by atoms with van der Waals surface area (Å²) in [4.78, 5) is 66.2. The number of carbonyl (C=O) groups is 4. The lowest BCUT2D eigenvalue weighted by Gasteiger charge is -2.33. The van der Waals surface area contributed by atoms with Gasteiger partial charge in [-0.15, -0.1) is 0 Å². The van der Waals surface area contributed by atoms with Crippen LogP contribution in [0.1, 0.15) is 67.7 Å². The maximum Gasteiger partial charge on any atom is 0.407 e. The van der Waals surface area contributed by atoms with Gasteiger partial charge in [-0.1, -0.05) is 38.1 Å². The maximum atomic E-state index is 14.6. The van der Waals surface area contributed by atoms with E-state index in [2.05, 4.69) is 46.9 Å². The number of anilines is 2. The van der Waals surface area contributed by atoms with E-state index in [4.69, 9.17) is 20.9 Å². The van der Waals surface area contributed by atoms with Gasteiger partial charge in [-0.05, 0) is 72.7 Å². The molecule has 5 amide bonds. The summed E-state index contributed by atoms with van der Waals surface area (Å²) >= 11 is 0. The number of alkyl carbamates (subject to hydrolysis) is 1. The highest BCUT2D eigenvalue weighted by molar-refractivity contribution is 5.98. The van der Waals surface area contributed by atoms with Crippen LogP contribution < -0.4 is 48.3 Å². The number of aromatic amines is 1. The Balaban J connectivity index is 0.950. The number of carbonyl (C=O) groups excluding carboxylic acids is 4. The van der Waals surface area contributed by atoms with Crippen molar-refractivity contribution < 1.29 is 33.0 Å². The van der Waals surface area contributed by atoms with Crippen LogP contribution >= 0.6 is 0 Å². The Labute approximate surface area is 349 Å². The van der Waals surface area contributed by atoms with Crippen LogP contribution in [0, 0.1) is 11.7 Å². The third-order valence-electron chi connectivity index (χ3n) is 10.2. The van der Waals surface area contributed by atoms with E-state index in [0.717, 1.165) is 5.56 Å². The standard InChI is InChI=1S/C41H49FN12O7/c1-22(2)33(43)39(57)51-29(6-4-15-45-40(44)58)38(56)49-26-11-7-23(8-12-26)20-61-41(59)46-16-5-17-60-27-13-9-24(10-14-27)34-32(36-47-21-48-54(36)3)35-31-28(37(55)53-52-35)18-25(42)19-30(31)50-34/h7-14,18-19,21-22,29,32-34,50H,4-6,15-17,20,43H2,1-3H3,(H,46,59)(H,49,56)(H,51,57)(H,53,55)(H3,44,45,58)/t29-,32+,33-,34+/m0/s1. The third kappa shape index (κ3) is 10.9. The number of amides is 5. The van der Waals surface area contributed by atoms with Gasteiger partial charge in [0, 0.05) is 36.9 Å². The van der Waals surface area contributed by atoms with E-state index in [9.17, 15) is 28.4 Å². The number of H-pyrrole nitrogens is 1. The Morgan fingerprint density at radius 2 is 1.72 bits per heavy atom. The lowest BCUT2D eigenvalue weighted by Crippen LogP contribution is -2.51. The molecule has 0 saturated heterocycles. The smallest absolute Gasteiger partial charge is 0.407 e. The third-order valence-corrected chi connectivity index (χ3v) is 10.2. The van der Waals surface area contributed by atoms with Crippen molar-refractivity contribution in [3.63, 3.8) is 0 Å². The van der Waals surface area contributed by atoms with Crippen LogP contribution in [0.4, 0.5) is 25.4 Å². The predicted molar refractivity (Wildman–Crippen MR) is 223 cm³/mol. The molecule has 5 aromatic rings. The molecular formula is C41H49FN12O7. The van der Waals surface area contributed by atoms with Gasteiger partial charge < -0.3 is 47.5 Å². The molecule has 322 valence electrons. The molecule has 10 N–H and O–H groups in total. The first kappa shape index (κ1) is 43.5. The van der Waals surface area contributed by atoms with Crippen molar-refractivity contribution in [1.82, 2.24) is 40.9 Å². The van der Waals surface area contributed by atoms with Gasteiger partial charge in [0.25, 0.3) is 5.56 Å². The fraction of sp³-hybridized carbons (Fsp3) is 0.366. The molecule has 0 radical (unpaired) electrons. The van der Waals surface area contributed by atoms with Gasteiger partial charge in [0.05, 0.1) is 35.7 Å². The topological polar surface area (TPSA) is 275 Å². The van der Waals surface area contributed by atoms with Crippen LogP contribution in [0.3, 0.4) is 0 Å². The molecule has 0 unspecified atom stereocenters. The SMILES string of the molecule is CC(C)[C@H](N)C(=O)N[C@@H](CCCNC(N)=O)C(=O)Nc1ccc(COC(=O)NCCCOc2ccc([C@H]3Nc4cc(F)cc5c(=O)[nH]nc(c45)[C@@H]3c3ncnn3C)cc2)cc1. The molecule has 19 nitrogen and oxygen atoms in total. The van der Waals surface area contributed by atoms with E-state index >= 15 is 0 Å². The number of nitrogens with two attached hydrogens (primary N) is 2. The molecule has 0 aliphatic carbocycles. The summed E-state index contributed by atoms with van der Waals surface area (Å²) in [7, 11) is 1.77. The van der Waals surface area contributed by atoms with Crippen LogP contribution in [0.25, 0.3) is 10.8 Å². The van der Waals surface area contributed by atoms with Crippen molar-refractivity contribution in [2.45, 2.75) is 63.8 Å². The number of nitrogens with one attached hydrogen (secondary N) is 6. The average Bonchev–Trinajstić information content (AvgIpc) is 3.66. The second kappa shape index (κ2) is 19.8. The molecular weight excluding hydrogens is 792 g/mol. The van der Waals surface area contributed by atoms with Crippen molar-refractivity contribution >= 4 is 46.1 Å². The first-order chi connectivity index (χ1) is 29.3. The van der Waals surface area contributed by atoms with E-state index in [0.29, 0.717) is 65.6 Å². The zero-order valence-electron chi connectivity index (χ0n) is 33.9. The van der Waals surface area contributed by atoms with Crippen LogP contribution in [-0.4, -0.2) is 80.7 Å². The summed E-state index contributed by atoms with van der Waals surface area (Å²) in [6.07, 6.45) is 1.94. The highest BCUT2D eigenvalue weighted by Gasteiger charge is 2.38. The monoisotopic (exact) mass is 840 g/mol. The number of rotatable bonds is 18. The number of hydrogen-bond acceptors (Lipinski definition) is 12. The molecule has 61 heavy (non-hydrogen) atoms. The van der Waals surface area contributed by atoms with Crippen molar-refractivity contribution in [2.75, 3.05) is 30.3 Å². The molecule has 0 spiro atoms. The molecule has 20 heteroatoms. The van der Waals surface area contributed by atoms with Crippen LogP contribution in [0.5, 0.6) is 5.75 Å². The average molecular weight is 841 g/mol. The van der Waals surface area contributed by atoms with Crippen molar-refractivity contribution in [1.29, 1.82) is 0 Å². The summed E-state index contributed by atoms with van der Waals surface area (Å²) in [5, 5.41) is 25.9. The Kier molecular flexibility index (Phi) is 14.1. The molecule has 3 heterocycles. The number of urea groups is 1. The minimum absolute atomic E-state index is 0.0153. The number of halogens is 1. The predicted octanol–water partition coefficient (Wildman–Crippen LogP) is 3.04. The minimum atomic E-state index is -0.906. The number of primary amides is 1.